The molecule has 3 aromatic rings. The first-order valence-corrected chi connectivity index (χ1v) is 11.3. The summed E-state index contributed by atoms with van der Waals surface area (Å²) < 4.78 is 5.91. The molecule has 1 N–H and O–H groups in total. The lowest BCUT2D eigenvalue weighted by Crippen LogP contribution is -2.33. The molecular weight excluding hydrogens is 396 g/mol. The van der Waals surface area contributed by atoms with E-state index < -0.39 is 6.10 Å². The number of hydrogen-bond donors (Lipinski definition) is 1. The maximum absolute atomic E-state index is 13.4. The summed E-state index contributed by atoms with van der Waals surface area (Å²) in [4.78, 5) is 20.9. The van der Waals surface area contributed by atoms with Gasteiger partial charge in [-0.25, -0.2) is 0 Å². The van der Waals surface area contributed by atoms with Gasteiger partial charge in [0.15, 0.2) is 0 Å². The summed E-state index contributed by atoms with van der Waals surface area (Å²) in [5.41, 5.74) is 4.38. The number of thiophene rings is 1. The third-order valence-corrected chi connectivity index (χ3v) is 7.02. The van der Waals surface area contributed by atoms with Crippen molar-refractivity contribution in [2.75, 3.05) is 13.2 Å². The van der Waals surface area contributed by atoms with Crippen LogP contribution < -0.4 is 4.74 Å². The first-order chi connectivity index (χ1) is 14.7. The Bertz CT molecular complexity index is 1060. The fraction of sp³-hybridized carbons (Fsp3) is 0.333. The number of ether oxygens (including phenoxy) is 1. The molecule has 0 fully saturated rings. The minimum Gasteiger partial charge on any atom is -0.491 e. The Morgan fingerprint density at radius 3 is 2.97 bits per heavy atom. The largest absolute Gasteiger partial charge is 0.491 e. The van der Waals surface area contributed by atoms with Crippen molar-refractivity contribution in [2.45, 2.75) is 38.3 Å². The molecule has 0 saturated heterocycles. The van der Waals surface area contributed by atoms with Crippen molar-refractivity contribution < 1.29 is 14.6 Å². The molecule has 1 atom stereocenters. The van der Waals surface area contributed by atoms with Gasteiger partial charge in [-0.3, -0.25) is 9.78 Å². The normalized spacial score (nSPS) is 16.8. The van der Waals surface area contributed by atoms with Gasteiger partial charge in [0.2, 0.25) is 0 Å². The van der Waals surface area contributed by atoms with Crippen LogP contribution in [0.5, 0.6) is 5.75 Å². The second-order valence-electron chi connectivity index (χ2n) is 7.86. The Kier molecular flexibility index (Phi) is 5.27. The van der Waals surface area contributed by atoms with Gasteiger partial charge in [0, 0.05) is 28.6 Å². The van der Waals surface area contributed by atoms with Gasteiger partial charge in [0.1, 0.15) is 18.5 Å². The van der Waals surface area contributed by atoms with Gasteiger partial charge in [-0.2, -0.15) is 0 Å². The Hall–Kier alpha value is -2.70. The molecule has 2 aliphatic rings. The van der Waals surface area contributed by atoms with Gasteiger partial charge in [0.05, 0.1) is 17.8 Å². The number of carbonyl (C=O) groups is 1. The number of aliphatic hydroxyl groups excluding tert-OH is 1. The Labute approximate surface area is 180 Å². The number of nitrogens with zero attached hydrogens (tertiary/aromatic N) is 2. The van der Waals surface area contributed by atoms with Crippen molar-refractivity contribution in [2.24, 2.45) is 0 Å². The van der Waals surface area contributed by atoms with Crippen molar-refractivity contribution in [1.82, 2.24) is 9.88 Å². The highest BCUT2D eigenvalue weighted by atomic mass is 32.1. The molecule has 2 aromatic heterocycles. The molecule has 0 saturated carbocycles. The molecule has 0 radical (unpaired) electrons. The van der Waals surface area contributed by atoms with E-state index in [4.69, 9.17) is 4.74 Å². The number of fused-ring (bicyclic) bond motifs is 2. The summed E-state index contributed by atoms with van der Waals surface area (Å²) in [5.74, 6) is 0.858. The predicted octanol–water partition coefficient (Wildman–Crippen LogP) is 4.14. The van der Waals surface area contributed by atoms with Crippen LogP contribution in [-0.4, -0.2) is 34.0 Å². The van der Waals surface area contributed by atoms with Crippen molar-refractivity contribution >= 4 is 17.2 Å². The second kappa shape index (κ2) is 8.20. The van der Waals surface area contributed by atoms with E-state index in [0.29, 0.717) is 25.4 Å². The van der Waals surface area contributed by atoms with E-state index in [-0.39, 0.29) is 5.91 Å². The van der Waals surface area contributed by atoms with Crippen LogP contribution in [0.15, 0.2) is 48.0 Å². The molecular formula is C24H24N2O3S. The highest BCUT2D eigenvalue weighted by molar-refractivity contribution is 7.10. The van der Waals surface area contributed by atoms with Crippen LogP contribution in [0.25, 0.3) is 0 Å². The fourth-order valence-corrected chi connectivity index (χ4v) is 5.43. The van der Waals surface area contributed by atoms with Crippen molar-refractivity contribution in [3.05, 3.63) is 80.8 Å². The SMILES string of the molecule is O=C(c1csc2c1CCCC2)N1CCOc2ccc(C(O)c3ccccn3)cc2C1. The van der Waals surface area contributed by atoms with Gasteiger partial charge in [-0.15, -0.1) is 11.3 Å². The minimum absolute atomic E-state index is 0.0847. The zero-order valence-corrected chi connectivity index (χ0v) is 17.5. The van der Waals surface area contributed by atoms with E-state index in [9.17, 15) is 9.90 Å². The maximum atomic E-state index is 13.4. The van der Waals surface area contributed by atoms with Gasteiger partial charge >= 0.3 is 0 Å². The zero-order valence-electron chi connectivity index (χ0n) is 16.7. The first kappa shape index (κ1) is 19.3. The molecule has 3 heterocycles. The monoisotopic (exact) mass is 420 g/mol. The molecule has 0 spiro atoms. The van der Waals surface area contributed by atoms with Crippen LogP contribution in [0, 0.1) is 0 Å². The van der Waals surface area contributed by atoms with Crippen LogP contribution in [-0.2, 0) is 19.4 Å². The average molecular weight is 421 g/mol. The predicted molar refractivity (Wildman–Crippen MR) is 116 cm³/mol. The van der Waals surface area contributed by atoms with E-state index in [0.717, 1.165) is 41.7 Å². The highest BCUT2D eigenvalue weighted by Crippen LogP contribution is 2.33. The van der Waals surface area contributed by atoms with Gasteiger partial charge in [-0.05, 0) is 61.1 Å². The molecule has 154 valence electrons. The summed E-state index contributed by atoms with van der Waals surface area (Å²) in [7, 11) is 0. The Morgan fingerprint density at radius 1 is 1.20 bits per heavy atom. The molecule has 5 rings (SSSR count). The highest BCUT2D eigenvalue weighted by Gasteiger charge is 2.27. The lowest BCUT2D eigenvalue weighted by molar-refractivity contribution is 0.0732. The molecule has 30 heavy (non-hydrogen) atoms. The molecule has 1 unspecified atom stereocenters. The van der Waals surface area contributed by atoms with Crippen molar-refractivity contribution in [3.63, 3.8) is 0 Å². The van der Waals surface area contributed by atoms with E-state index in [2.05, 4.69) is 4.98 Å². The molecule has 6 heteroatoms. The topological polar surface area (TPSA) is 62.7 Å². The number of amides is 1. The number of benzene rings is 1. The third-order valence-electron chi connectivity index (χ3n) is 5.93. The smallest absolute Gasteiger partial charge is 0.255 e. The molecule has 1 aromatic carbocycles. The quantitative estimate of drug-likeness (QED) is 0.692. The zero-order chi connectivity index (χ0) is 20.5. The van der Waals surface area contributed by atoms with Crippen LogP contribution in [0.4, 0.5) is 0 Å². The van der Waals surface area contributed by atoms with Crippen LogP contribution in [0.1, 0.15) is 56.6 Å². The van der Waals surface area contributed by atoms with Gasteiger partial charge in [-0.1, -0.05) is 12.1 Å². The van der Waals surface area contributed by atoms with Gasteiger partial charge in [0.25, 0.3) is 5.91 Å². The summed E-state index contributed by atoms with van der Waals surface area (Å²) in [6.45, 7) is 1.49. The fourth-order valence-electron chi connectivity index (χ4n) is 4.31. The number of pyridine rings is 1. The maximum Gasteiger partial charge on any atom is 0.255 e. The van der Waals surface area contributed by atoms with Crippen LogP contribution >= 0.6 is 11.3 Å². The summed E-state index contributed by atoms with van der Waals surface area (Å²) in [6.07, 6.45) is 5.33. The average Bonchev–Trinajstić information content (AvgIpc) is 3.11. The van der Waals surface area contributed by atoms with Crippen molar-refractivity contribution in [1.29, 1.82) is 0 Å². The van der Waals surface area contributed by atoms with E-state index in [1.165, 1.54) is 16.9 Å². The van der Waals surface area contributed by atoms with Gasteiger partial charge < -0.3 is 14.7 Å². The van der Waals surface area contributed by atoms with Crippen LogP contribution in [0.2, 0.25) is 0 Å². The summed E-state index contributed by atoms with van der Waals surface area (Å²) >= 11 is 1.72. The number of aliphatic hydroxyl groups is 1. The second-order valence-corrected chi connectivity index (χ2v) is 8.82. The number of carbonyl (C=O) groups excluding carboxylic acids is 1. The Morgan fingerprint density at radius 2 is 2.10 bits per heavy atom. The number of rotatable bonds is 3. The standard InChI is InChI=1S/C24H24N2O3S/c27-23(20-6-3-4-10-25-20)16-8-9-21-17(13-16)14-26(11-12-29-21)24(28)19-15-30-22-7-2-1-5-18(19)22/h3-4,6,8-10,13,15,23,27H,1-2,5,7,11-12,14H2. The van der Waals surface area contributed by atoms with Crippen molar-refractivity contribution in [3.8, 4) is 5.75 Å². The molecule has 1 aliphatic carbocycles. The minimum atomic E-state index is -0.812. The number of hydrogen-bond acceptors (Lipinski definition) is 5. The first-order valence-electron chi connectivity index (χ1n) is 10.4. The lowest BCUT2D eigenvalue weighted by Gasteiger charge is -2.21. The van der Waals surface area contributed by atoms with E-state index in [1.54, 1.807) is 17.5 Å². The summed E-state index contributed by atoms with van der Waals surface area (Å²) in [5, 5.41) is 12.8. The molecule has 1 amide bonds. The third kappa shape index (κ3) is 3.61. The number of aromatic nitrogens is 1. The molecule has 5 nitrogen and oxygen atoms in total. The lowest BCUT2D eigenvalue weighted by atomic mass is 9.95. The van der Waals surface area contributed by atoms with E-state index in [1.807, 2.05) is 46.7 Å². The van der Waals surface area contributed by atoms with E-state index >= 15 is 0 Å². The van der Waals surface area contributed by atoms with Crippen LogP contribution in [0.3, 0.4) is 0 Å². The number of aryl methyl sites for hydroxylation is 1. The summed E-state index contributed by atoms with van der Waals surface area (Å²) in [6, 6.07) is 11.2. The Balaban J connectivity index is 1.41. The molecule has 1 aliphatic heterocycles. The molecule has 0 bridgehead atoms.